The number of rotatable bonds is 5. The van der Waals surface area contributed by atoms with Crippen LogP contribution in [0.1, 0.15) is 50.4 Å². The first-order valence-corrected chi connectivity index (χ1v) is 17.3. The van der Waals surface area contributed by atoms with E-state index in [1.54, 1.807) is 47.9 Å². The smallest absolute Gasteiger partial charge is 0.259 e. The molecule has 0 atom stereocenters. The first-order valence-electron chi connectivity index (χ1n) is 16.5. The van der Waals surface area contributed by atoms with Gasteiger partial charge in [-0.1, -0.05) is 0 Å². The van der Waals surface area contributed by atoms with E-state index in [9.17, 15) is 14.0 Å². The molecule has 6 heterocycles. The number of carbonyl (C=O) groups is 2. The Kier molecular flexibility index (Phi) is 9.04. The average molecular weight is 679 g/mol. The number of nitrogens with zero attached hydrogens (tertiary/aromatic N) is 4. The minimum Gasteiger partial charge on any atom is -0.381 e. The van der Waals surface area contributed by atoms with Crippen LogP contribution in [0, 0.1) is 25.1 Å². The van der Waals surface area contributed by atoms with E-state index in [1.807, 2.05) is 39.2 Å². The summed E-state index contributed by atoms with van der Waals surface area (Å²) in [6.45, 7) is 8.29. The number of hydrogen-bond donors (Lipinski definition) is 2. The second kappa shape index (κ2) is 13.6. The van der Waals surface area contributed by atoms with Crippen molar-refractivity contribution in [2.24, 2.45) is 5.41 Å². The summed E-state index contributed by atoms with van der Waals surface area (Å²) in [5, 5.41) is 2.91. The number of thiophene rings is 1. The van der Waals surface area contributed by atoms with Crippen LogP contribution in [0.5, 0.6) is 0 Å². The SMILES string of the molecule is Cc1cnc(-c2cc3c(s2)-c2ccc(F)cc2N(C)CC3)[nH]1.Cc1cnc(N2CC3(CCOCC3)C2)c(C(=O)Nc2ccc(C=O)cc2)c1. The van der Waals surface area contributed by atoms with Crippen LogP contribution in [0.3, 0.4) is 0 Å². The number of H-pyrrole nitrogens is 1. The number of benzene rings is 2. The summed E-state index contributed by atoms with van der Waals surface area (Å²) in [4.78, 5) is 42.6. The predicted molar refractivity (Wildman–Crippen MR) is 192 cm³/mol. The van der Waals surface area contributed by atoms with Crippen LogP contribution in [0.4, 0.5) is 21.6 Å². The lowest BCUT2D eigenvalue weighted by atomic mass is 9.73. The molecule has 11 heteroatoms. The minimum atomic E-state index is -0.188. The van der Waals surface area contributed by atoms with Gasteiger partial charge in [0, 0.05) is 90.8 Å². The zero-order chi connectivity index (χ0) is 34.1. The number of aromatic amines is 1. The van der Waals surface area contributed by atoms with Crippen molar-refractivity contribution in [3.63, 3.8) is 0 Å². The number of amides is 1. The molecular weight excluding hydrogens is 640 g/mol. The van der Waals surface area contributed by atoms with Crippen LogP contribution in [-0.2, 0) is 11.2 Å². The normalized spacial score (nSPS) is 16.1. The third-order valence-electron chi connectivity index (χ3n) is 9.54. The predicted octanol–water partition coefficient (Wildman–Crippen LogP) is 7.32. The van der Waals surface area contributed by atoms with Crippen LogP contribution in [-0.4, -0.2) is 67.0 Å². The number of aromatic nitrogens is 3. The molecule has 8 rings (SSSR count). The molecule has 3 aliphatic heterocycles. The van der Waals surface area contributed by atoms with Gasteiger partial charge in [-0.2, -0.15) is 0 Å². The van der Waals surface area contributed by atoms with Crippen LogP contribution in [0.15, 0.2) is 67.0 Å². The fourth-order valence-corrected chi connectivity index (χ4v) is 7.97. The Hall–Kier alpha value is -4.87. The topological polar surface area (TPSA) is 103 Å². The van der Waals surface area contributed by atoms with Crippen molar-refractivity contribution in [1.29, 1.82) is 0 Å². The molecule has 2 aromatic carbocycles. The van der Waals surface area contributed by atoms with Gasteiger partial charge < -0.3 is 24.8 Å². The zero-order valence-corrected chi connectivity index (χ0v) is 28.7. The molecule has 2 fully saturated rings. The number of likely N-dealkylation sites (N-methyl/N-ethyl adjacent to an activating group) is 1. The number of aryl methyl sites for hydroxylation is 2. The van der Waals surface area contributed by atoms with Crippen molar-refractivity contribution >= 4 is 40.7 Å². The van der Waals surface area contributed by atoms with Gasteiger partial charge in [-0.3, -0.25) is 9.59 Å². The molecule has 2 N–H and O–H groups in total. The maximum atomic E-state index is 13.6. The highest BCUT2D eigenvalue weighted by Gasteiger charge is 2.45. The number of hydrogen-bond acceptors (Lipinski definition) is 8. The van der Waals surface area contributed by atoms with E-state index in [2.05, 4.69) is 36.1 Å². The Morgan fingerprint density at radius 1 is 1.04 bits per heavy atom. The Balaban J connectivity index is 0.000000157. The summed E-state index contributed by atoms with van der Waals surface area (Å²) in [7, 11) is 2.02. The molecule has 1 amide bonds. The lowest BCUT2D eigenvalue weighted by Crippen LogP contribution is -2.59. The van der Waals surface area contributed by atoms with E-state index in [0.29, 0.717) is 22.2 Å². The van der Waals surface area contributed by atoms with E-state index >= 15 is 0 Å². The largest absolute Gasteiger partial charge is 0.381 e. The Morgan fingerprint density at radius 2 is 1.82 bits per heavy atom. The standard InChI is InChI=1S/C21H23N3O3.C17H16FN3S/c1-15-10-18(20(26)23-17-4-2-16(12-25)3-5-17)19(22-11-15)24-13-21(14-24)6-8-27-9-7-21;1-10-9-19-17(20-10)15-7-11-5-6-21(2)14-8-12(18)3-4-13(14)16(11)22-15/h2-5,10-12H,6-9,13-14H2,1H3,(H,23,26);3-4,7-9H,5-6H2,1-2H3,(H,19,20). The van der Waals surface area contributed by atoms with E-state index in [1.165, 1.54) is 16.5 Å². The molecule has 3 aromatic heterocycles. The fraction of sp³-hybridized carbons (Fsp3) is 0.316. The molecule has 0 aliphatic carbocycles. The van der Waals surface area contributed by atoms with Gasteiger partial charge in [0.05, 0.1) is 10.4 Å². The molecular formula is C38H39FN6O3S. The van der Waals surface area contributed by atoms with E-state index < -0.39 is 0 Å². The highest BCUT2D eigenvalue weighted by Crippen LogP contribution is 2.44. The van der Waals surface area contributed by atoms with Gasteiger partial charge in [0.25, 0.3) is 5.91 Å². The second-order valence-electron chi connectivity index (χ2n) is 13.3. The second-order valence-corrected chi connectivity index (χ2v) is 14.3. The van der Waals surface area contributed by atoms with Crippen molar-refractivity contribution in [2.45, 2.75) is 33.1 Å². The van der Waals surface area contributed by atoms with Crippen molar-refractivity contribution < 1.29 is 18.7 Å². The number of pyridine rings is 1. The number of carbonyl (C=O) groups excluding carboxylic acids is 2. The van der Waals surface area contributed by atoms with Crippen LogP contribution in [0.25, 0.3) is 21.1 Å². The monoisotopic (exact) mass is 678 g/mol. The molecule has 0 bridgehead atoms. The third-order valence-corrected chi connectivity index (χ3v) is 10.8. The van der Waals surface area contributed by atoms with Gasteiger partial charge >= 0.3 is 0 Å². The molecule has 0 radical (unpaired) electrons. The Labute approximate surface area is 289 Å². The number of aldehydes is 1. The lowest BCUT2D eigenvalue weighted by Gasteiger charge is -2.53. The highest BCUT2D eigenvalue weighted by atomic mass is 32.1. The summed E-state index contributed by atoms with van der Waals surface area (Å²) in [5.41, 5.74) is 7.50. The molecule has 2 saturated heterocycles. The molecule has 0 unspecified atom stereocenters. The molecule has 5 aromatic rings. The molecule has 0 saturated carbocycles. The lowest BCUT2D eigenvalue weighted by molar-refractivity contribution is -0.000509. The summed E-state index contributed by atoms with van der Waals surface area (Å²) in [6, 6.07) is 16.0. The van der Waals surface area contributed by atoms with Gasteiger partial charge in [-0.05, 0) is 98.8 Å². The minimum absolute atomic E-state index is 0.187. The molecule has 252 valence electrons. The summed E-state index contributed by atoms with van der Waals surface area (Å²) >= 11 is 1.72. The van der Waals surface area contributed by atoms with E-state index in [0.717, 1.165) is 97.4 Å². The number of anilines is 3. The van der Waals surface area contributed by atoms with Crippen molar-refractivity contribution in [3.8, 4) is 21.1 Å². The van der Waals surface area contributed by atoms with E-state index in [-0.39, 0.29) is 11.7 Å². The molecule has 9 nitrogen and oxygen atoms in total. The van der Waals surface area contributed by atoms with Crippen LogP contribution in [0.2, 0.25) is 0 Å². The highest BCUT2D eigenvalue weighted by molar-refractivity contribution is 7.19. The molecule has 3 aliphatic rings. The quantitative estimate of drug-likeness (QED) is 0.188. The van der Waals surface area contributed by atoms with Crippen molar-refractivity contribution in [2.75, 3.05) is 55.0 Å². The maximum Gasteiger partial charge on any atom is 0.259 e. The molecule has 1 spiro atoms. The number of nitrogens with one attached hydrogen (secondary N) is 2. The molecule has 49 heavy (non-hydrogen) atoms. The van der Waals surface area contributed by atoms with Gasteiger partial charge in [0.1, 0.15) is 23.7 Å². The number of halogens is 1. The number of ether oxygens (including phenoxy) is 1. The van der Waals surface area contributed by atoms with Gasteiger partial charge in [0.2, 0.25) is 0 Å². The van der Waals surface area contributed by atoms with Crippen LogP contribution >= 0.6 is 11.3 Å². The average Bonchev–Trinajstić information content (AvgIpc) is 3.70. The Bertz CT molecular complexity index is 1990. The summed E-state index contributed by atoms with van der Waals surface area (Å²) in [6.07, 6.45) is 7.53. The number of imidazole rings is 1. The first kappa shape index (κ1) is 32.7. The van der Waals surface area contributed by atoms with E-state index in [4.69, 9.17) is 4.74 Å². The van der Waals surface area contributed by atoms with Gasteiger partial charge in [-0.15, -0.1) is 11.3 Å². The van der Waals surface area contributed by atoms with Crippen LogP contribution < -0.4 is 15.1 Å². The maximum absolute atomic E-state index is 13.6. The number of fused-ring (bicyclic) bond motifs is 3. The first-order chi connectivity index (χ1) is 23.7. The Morgan fingerprint density at radius 3 is 2.53 bits per heavy atom. The van der Waals surface area contributed by atoms with Gasteiger partial charge in [0.15, 0.2) is 0 Å². The van der Waals surface area contributed by atoms with Crippen molar-refractivity contribution in [1.82, 2.24) is 15.0 Å². The van der Waals surface area contributed by atoms with Gasteiger partial charge in [-0.25, -0.2) is 14.4 Å². The summed E-state index contributed by atoms with van der Waals surface area (Å²) in [5.74, 6) is 1.27. The summed E-state index contributed by atoms with van der Waals surface area (Å²) < 4.78 is 19.1. The van der Waals surface area contributed by atoms with Crippen molar-refractivity contribution in [3.05, 3.63) is 101 Å². The zero-order valence-electron chi connectivity index (χ0n) is 27.9. The fourth-order valence-electron chi connectivity index (χ4n) is 6.78. The third kappa shape index (κ3) is 6.86.